The van der Waals surface area contributed by atoms with Crippen molar-refractivity contribution in [3.8, 4) is 0 Å². The second-order valence-electron chi connectivity index (χ2n) is 4.21. The molecule has 7 heteroatoms. The van der Waals surface area contributed by atoms with Crippen molar-refractivity contribution < 1.29 is 53.0 Å². The van der Waals surface area contributed by atoms with Crippen molar-refractivity contribution in [3.05, 3.63) is 22.0 Å². The molecule has 0 N–H and O–H groups in total. The van der Waals surface area contributed by atoms with E-state index in [2.05, 4.69) is 33.5 Å². The average Bonchev–Trinajstić information content (AvgIpc) is 2.20. The van der Waals surface area contributed by atoms with Gasteiger partial charge in [-0.25, -0.2) is 9.79 Å². The molecule has 1 heterocycles. The fourth-order valence-corrected chi connectivity index (χ4v) is 1.85. The van der Waals surface area contributed by atoms with Gasteiger partial charge in [-0.2, -0.15) is 0 Å². The number of hydrogen-bond donors (Lipinski definition) is 0. The molecule has 0 saturated carbocycles. The van der Waals surface area contributed by atoms with Crippen LogP contribution in [0, 0.1) is 4.05 Å². The smallest absolute Gasteiger partial charge is 0.416 e. The minimum absolute atomic E-state index is 0. The monoisotopic (exact) mass is 538 g/mol. The Kier molecular flexibility index (Phi) is 11.8. The van der Waals surface area contributed by atoms with Crippen LogP contribution in [0.15, 0.2) is 22.9 Å². The van der Waals surface area contributed by atoms with E-state index in [1.165, 1.54) is 0 Å². The maximum Gasteiger partial charge on any atom is 0.416 e. The number of carbonyl (C=O) groups excluding carboxylic acids is 1. The van der Waals surface area contributed by atoms with Crippen molar-refractivity contribution in [3.63, 3.8) is 0 Å². The Balaban J connectivity index is 0. The van der Waals surface area contributed by atoms with Gasteiger partial charge < -0.3 is 33.6 Å². The van der Waals surface area contributed by atoms with Gasteiger partial charge in [0.1, 0.15) is 0 Å². The number of allylic oxidation sites excluding steroid dienone is 1. The Hall–Kier alpha value is 0.543. The van der Waals surface area contributed by atoms with Gasteiger partial charge in [0, 0.05) is 37.4 Å². The number of carbonyl (C=O) groups is 1. The molecule has 1 radical (unpaired) electrons. The van der Waals surface area contributed by atoms with Crippen LogP contribution in [-0.2, 0) is 24.2 Å². The zero-order valence-corrected chi connectivity index (χ0v) is 18.8. The number of hydrogen-bond acceptors (Lipinski definition) is 3. The van der Waals surface area contributed by atoms with Crippen LogP contribution in [0.2, 0.25) is 0 Å². The van der Waals surface area contributed by atoms with Gasteiger partial charge >= 0.3 is 6.09 Å². The molecule has 0 aromatic heterocycles. The molecule has 0 spiro atoms. The van der Waals surface area contributed by atoms with Crippen molar-refractivity contribution >= 4 is 34.6 Å². The fraction of sp³-hybridized carbons (Fsp3) is 0.500. The average molecular weight is 539 g/mol. The second kappa shape index (κ2) is 10.3. The normalized spacial score (nSPS) is 13.7. The van der Waals surface area contributed by atoms with E-state index in [1.54, 1.807) is 17.1 Å². The van der Waals surface area contributed by atoms with Gasteiger partial charge in [0.05, 0.1) is 0 Å². The van der Waals surface area contributed by atoms with Crippen LogP contribution in [0.4, 0.5) is 4.79 Å². The molecule has 103 valence electrons. The Labute approximate surface area is 158 Å². The SMILES string of the molecule is CC(C)N(C(=O)OC1=C=N[C](I)C=C1)C(C)C.[I-].[Zn]. The zero-order chi connectivity index (χ0) is 13.0. The summed E-state index contributed by atoms with van der Waals surface area (Å²) in [5.74, 6) is 3.02. The van der Waals surface area contributed by atoms with Crippen LogP contribution in [0.3, 0.4) is 0 Å². The summed E-state index contributed by atoms with van der Waals surface area (Å²) in [5, 5.41) is 0. The molecule has 0 unspecified atom stereocenters. The van der Waals surface area contributed by atoms with Crippen molar-refractivity contribution in [2.45, 2.75) is 39.8 Å². The van der Waals surface area contributed by atoms with E-state index in [4.69, 9.17) is 4.74 Å². The van der Waals surface area contributed by atoms with E-state index in [1.807, 2.05) is 27.7 Å². The third-order valence-electron chi connectivity index (χ3n) is 2.17. The van der Waals surface area contributed by atoms with Crippen molar-refractivity contribution in [1.82, 2.24) is 4.90 Å². The molecule has 1 rings (SSSR count). The van der Waals surface area contributed by atoms with Crippen molar-refractivity contribution in [1.29, 1.82) is 0 Å². The molecule has 0 atom stereocenters. The number of rotatable bonds is 3. The summed E-state index contributed by atoms with van der Waals surface area (Å²) in [6.07, 6.45) is 3.09. The predicted molar refractivity (Wildman–Crippen MR) is 75.9 cm³/mol. The quantitative estimate of drug-likeness (QED) is 0.294. The van der Waals surface area contributed by atoms with Crippen molar-refractivity contribution in [2.24, 2.45) is 4.99 Å². The first kappa shape index (κ1) is 21.8. The van der Waals surface area contributed by atoms with Crippen molar-refractivity contribution in [2.75, 3.05) is 0 Å². The molecule has 0 aromatic carbocycles. The number of ether oxygens (including phenoxy) is 1. The van der Waals surface area contributed by atoms with E-state index in [0.717, 1.165) is 4.05 Å². The van der Waals surface area contributed by atoms with Gasteiger partial charge in [0.2, 0.25) is 0 Å². The minimum Gasteiger partial charge on any atom is -1.00 e. The summed E-state index contributed by atoms with van der Waals surface area (Å²) in [7, 11) is 0. The van der Waals surface area contributed by atoms with Crippen LogP contribution in [0.25, 0.3) is 0 Å². The molecule has 1 amide bonds. The molecule has 4 nitrogen and oxygen atoms in total. The molecule has 19 heavy (non-hydrogen) atoms. The zero-order valence-electron chi connectivity index (χ0n) is 11.5. The molecule has 0 saturated heterocycles. The predicted octanol–water partition coefficient (Wildman–Crippen LogP) is 0.291. The third-order valence-corrected chi connectivity index (χ3v) is 2.77. The Morgan fingerprint density at radius 1 is 1.32 bits per heavy atom. The van der Waals surface area contributed by atoms with E-state index in [0.29, 0.717) is 5.76 Å². The van der Waals surface area contributed by atoms with Crippen LogP contribution >= 0.6 is 22.6 Å². The Morgan fingerprint density at radius 2 is 1.84 bits per heavy atom. The van der Waals surface area contributed by atoms with E-state index in [-0.39, 0.29) is 61.6 Å². The Morgan fingerprint density at radius 3 is 2.21 bits per heavy atom. The first-order chi connectivity index (χ1) is 7.91. The maximum atomic E-state index is 11.9. The third kappa shape index (κ3) is 7.20. The standard InChI is InChI=1S/C12H16IN2O2.HI.Zn/c1-8(2)15(9(3)4)12(16)17-10-5-6-11(13)14-7-10;;/h5-6,8-9H,1-4H3;1H;/p-1. The van der Waals surface area contributed by atoms with Crippen LogP contribution in [0.5, 0.6) is 0 Å². The number of halogens is 2. The summed E-state index contributed by atoms with van der Waals surface area (Å²) >= 11 is 2.07. The first-order valence-electron chi connectivity index (χ1n) is 5.46. The van der Waals surface area contributed by atoms with E-state index in [9.17, 15) is 4.79 Å². The molecule has 1 aliphatic heterocycles. The van der Waals surface area contributed by atoms with Gasteiger partial charge in [-0.05, 0) is 62.4 Å². The number of amides is 1. The fourth-order valence-electron chi connectivity index (χ4n) is 1.55. The summed E-state index contributed by atoms with van der Waals surface area (Å²) in [6.45, 7) is 7.82. The molecule has 1 aliphatic rings. The first-order valence-corrected chi connectivity index (χ1v) is 6.54. The molecule has 0 fully saturated rings. The summed E-state index contributed by atoms with van der Waals surface area (Å²) in [4.78, 5) is 17.6. The molecule has 0 bridgehead atoms. The largest absolute Gasteiger partial charge is 1.00 e. The van der Waals surface area contributed by atoms with Gasteiger partial charge in [-0.3, -0.25) is 0 Å². The summed E-state index contributed by atoms with van der Waals surface area (Å²) in [6, 6.07) is 0.193. The Bertz CT molecular complexity index is 383. The van der Waals surface area contributed by atoms with Crippen LogP contribution in [-0.4, -0.2) is 28.9 Å². The number of nitrogens with zero attached hydrogens (tertiary/aromatic N) is 2. The van der Waals surface area contributed by atoms with Gasteiger partial charge in [0.25, 0.3) is 0 Å². The van der Waals surface area contributed by atoms with E-state index < -0.39 is 0 Å². The minimum atomic E-state index is -0.366. The van der Waals surface area contributed by atoms with Gasteiger partial charge in [-0.1, -0.05) is 0 Å². The molecular weight excluding hydrogens is 523 g/mol. The van der Waals surface area contributed by atoms with Crippen LogP contribution in [0.1, 0.15) is 27.7 Å². The van der Waals surface area contributed by atoms with E-state index >= 15 is 0 Å². The summed E-state index contributed by atoms with van der Waals surface area (Å²) < 4.78 is 6.03. The van der Waals surface area contributed by atoms with Crippen LogP contribution < -0.4 is 24.0 Å². The summed E-state index contributed by atoms with van der Waals surface area (Å²) in [5.41, 5.74) is 0. The molecule has 0 aliphatic carbocycles. The second-order valence-corrected chi connectivity index (χ2v) is 5.31. The van der Waals surface area contributed by atoms with Gasteiger partial charge in [-0.15, -0.1) is 0 Å². The number of aliphatic imine (C=N–C) groups is 1. The van der Waals surface area contributed by atoms with Gasteiger partial charge in [0.15, 0.2) is 9.81 Å². The molecule has 0 aromatic rings. The maximum absolute atomic E-state index is 11.9. The topological polar surface area (TPSA) is 41.9 Å². The molecular formula is C12H16I2N2O2Zn-.